The SMILES string of the molecule is COc1ccccc1N1C(=S)NC(c2ccccn2)C1c1cc(C)n(-c2ncccc2C)c1C. The molecule has 34 heavy (non-hydrogen) atoms. The van der Waals surface area contributed by atoms with Crippen LogP contribution in [0.15, 0.2) is 73.1 Å². The summed E-state index contributed by atoms with van der Waals surface area (Å²) in [4.78, 5) is 11.5. The van der Waals surface area contributed by atoms with Crippen LogP contribution >= 0.6 is 12.2 Å². The van der Waals surface area contributed by atoms with Crippen molar-refractivity contribution in [3.63, 3.8) is 0 Å². The molecule has 0 saturated carbocycles. The largest absolute Gasteiger partial charge is 0.495 e. The molecule has 172 valence electrons. The van der Waals surface area contributed by atoms with Gasteiger partial charge in [0.2, 0.25) is 0 Å². The maximum atomic E-state index is 5.89. The summed E-state index contributed by atoms with van der Waals surface area (Å²) < 4.78 is 7.94. The monoisotopic (exact) mass is 469 g/mol. The Balaban J connectivity index is 1.72. The molecule has 0 spiro atoms. The van der Waals surface area contributed by atoms with Crippen LogP contribution in [-0.2, 0) is 0 Å². The number of hydrogen-bond acceptors (Lipinski definition) is 4. The fraction of sp³-hybridized carbons (Fsp3) is 0.222. The number of thiocarbonyl (C=S) groups is 1. The normalized spacial score (nSPS) is 17.6. The Morgan fingerprint density at radius 3 is 2.44 bits per heavy atom. The number of benzene rings is 1. The van der Waals surface area contributed by atoms with Gasteiger partial charge in [-0.1, -0.05) is 24.3 Å². The summed E-state index contributed by atoms with van der Waals surface area (Å²) in [7, 11) is 1.69. The third-order valence-corrected chi connectivity index (χ3v) is 6.74. The van der Waals surface area contributed by atoms with Gasteiger partial charge in [-0.2, -0.15) is 0 Å². The lowest BCUT2D eigenvalue weighted by atomic mass is 9.96. The van der Waals surface area contributed by atoms with Crippen molar-refractivity contribution in [2.24, 2.45) is 0 Å². The van der Waals surface area contributed by atoms with Gasteiger partial charge in [-0.15, -0.1) is 0 Å². The summed E-state index contributed by atoms with van der Waals surface area (Å²) in [5.74, 6) is 1.71. The predicted octanol–water partition coefficient (Wildman–Crippen LogP) is 5.38. The molecule has 1 aliphatic heterocycles. The highest BCUT2D eigenvalue weighted by Gasteiger charge is 2.43. The number of methoxy groups -OCH3 is 1. The number of rotatable bonds is 5. The lowest BCUT2D eigenvalue weighted by Crippen LogP contribution is -2.30. The van der Waals surface area contributed by atoms with Crippen molar-refractivity contribution < 1.29 is 4.74 Å². The van der Waals surface area contributed by atoms with Crippen LogP contribution in [-0.4, -0.2) is 26.8 Å². The van der Waals surface area contributed by atoms with Crippen LogP contribution in [0.1, 0.15) is 40.3 Å². The average molecular weight is 470 g/mol. The van der Waals surface area contributed by atoms with E-state index in [4.69, 9.17) is 17.0 Å². The topological polar surface area (TPSA) is 55.2 Å². The zero-order valence-electron chi connectivity index (χ0n) is 19.7. The van der Waals surface area contributed by atoms with E-state index in [1.165, 1.54) is 0 Å². The van der Waals surface area contributed by atoms with Gasteiger partial charge < -0.3 is 19.5 Å². The fourth-order valence-corrected chi connectivity index (χ4v) is 5.22. The van der Waals surface area contributed by atoms with Gasteiger partial charge in [0.1, 0.15) is 11.6 Å². The molecule has 1 fully saturated rings. The number of pyridine rings is 2. The van der Waals surface area contributed by atoms with Gasteiger partial charge in [0, 0.05) is 23.8 Å². The second-order valence-electron chi connectivity index (χ2n) is 8.47. The van der Waals surface area contributed by atoms with E-state index >= 15 is 0 Å². The fourth-order valence-electron chi connectivity index (χ4n) is 4.88. The molecule has 3 aromatic heterocycles. The van der Waals surface area contributed by atoms with Crippen molar-refractivity contribution in [1.29, 1.82) is 0 Å². The van der Waals surface area contributed by atoms with Crippen LogP contribution < -0.4 is 15.0 Å². The summed E-state index contributed by atoms with van der Waals surface area (Å²) in [5, 5.41) is 4.18. The molecule has 1 N–H and O–H groups in total. The Bertz CT molecular complexity index is 1350. The van der Waals surface area contributed by atoms with Crippen molar-refractivity contribution in [2.45, 2.75) is 32.9 Å². The summed E-state index contributed by atoms with van der Waals surface area (Å²) >= 11 is 5.89. The van der Waals surface area contributed by atoms with Crippen LogP contribution in [0.25, 0.3) is 5.82 Å². The van der Waals surface area contributed by atoms with Gasteiger partial charge in [-0.3, -0.25) is 4.98 Å². The minimum absolute atomic E-state index is 0.123. The zero-order chi connectivity index (χ0) is 23.8. The Labute approximate surface area is 205 Å². The van der Waals surface area contributed by atoms with Crippen LogP contribution in [0.2, 0.25) is 0 Å². The van der Waals surface area contributed by atoms with Crippen LogP contribution in [0.5, 0.6) is 5.75 Å². The van der Waals surface area contributed by atoms with Crippen LogP contribution in [0.3, 0.4) is 0 Å². The maximum absolute atomic E-state index is 5.89. The first kappa shape index (κ1) is 22.1. The van der Waals surface area contributed by atoms with Crippen molar-refractivity contribution in [3.05, 3.63) is 101 Å². The third-order valence-electron chi connectivity index (χ3n) is 6.43. The first-order valence-electron chi connectivity index (χ1n) is 11.3. The molecule has 7 heteroatoms. The van der Waals surface area contributed by atoms with E-state index in [-0.39, 0.29) is 12.1 Å². The Hall–Kier alpha value is -3.71. The molecule has 0 aliphatic carbocycles. The molecule has 6 nitrogen and oxygen atoms in total. The summed E-state index contributed by atoms with van der Waals surface area (Å²) in [6, 6.07) is 20.0. The van der Waals surface area contributed by atoms with E-state index in [0.29, 0.717) is 5.11 Å². The van der Waals surface area contributed by atoms with Crippen molar-refractivity contribution >= 4 is 23.0 Å². The quantitative estimate of drug-likeness (QED) is 0.396. The van der Waals surface area contributed by atoms with E-state index in [1.807, 2.05) is 60.9 Å². The van der Waals surface area contributed by atoms with Crippen molar-refractivity contribution in [1.82, 2.24) is 19.9 Å². The number of anilines is 1. The number of nitrogens with zero attached hydrogens (tertiary/aromatic N) is 4. The molecule has 0 radical (unpaired) electrons. The first-order valence-corrected chi connectivity index (χ1v) is 11.7. The Morgan fingerprint density at radius 2 is 1.71 bits per heavy atom. The zero-order valence-corrected chi connectivity index (χ0v) is 20.5. The molecular formula is C27H27N5OS. The lowest BCUT2D eigenvalue weighted by molar-refractivity contribution is 0.414. The molecule has 0 bridgehead atoms. The minimum atomic E-state index is -0.127. The van der Waals surface area contributed by atoms with Gasteiger partial charge in [0.05, 0.1) is 30.6 Å². The maximum Gasteiger partial charge on any atom is 0.174 e. The van der Waals surface area contributed by atoms with E-state index in [9.17, 15) is 0 Å². The van der Waals surface area contributed by atoms with Gasteiger partial charge in [0.15, 0.2) is 5.11 Å². The number of hydrogen-bond donors (Lipinski definition) is 1. The standard InChI is InChI=1S/C27H27N5OS/c1-17-10-9-15-29-26(17)31-18(2)16-20(19(31)3)25-24(21-11-7-8-14-28-21)30-27(34)32(25)22-12-5-6-13-23(22)33-4/h5-16,24-25H,1-4H3,(H,30,34). The highest BCUT2D eigenvalue weighted by molar-refractivity contribution is 7.80. The van der Waals surface area contributed by atoms with Crippen LogP contribution in [0.4, 0.5) is 5.69 Å². The molecule has 1 saturated heterocycles. The van der Waals surface area contributed by atoms with Gasteiger partial charge >= 0.3 is 0 Å². The second kappa shape index (κ2) is 8.91. The average Bonchev–Trinajstić information content (AvgIpc) is 3.35. The molecule has 1 aliphatic rings. The third kappa shape index (κ3) is 3.62. The first-order chi connectivity index (χ1) is 16.5. The highest BCUT2D eigenvalue weighted by Crippen LogP contribution is 2.46. The van der Waals surface area contributed by atoms with Gasteiger partial charge in [0.25, 0.3) is 0 Å². The van der Waals surface area contributed by atoms with E-state index in [2.05, 4.69) is 57.7 Å². The predicted molar refractivity (Wildman–Crippen MR) is 139 cm³/mol. The van der Waals surface area contributed by atoms with Crippen molar-refractivity contribution in [3.8, 4) is 11.6 Å². The van der Waals surface area contributed by atoms with E-state index in [1.54, 1.807) is 7.11 Å². The molecule has 0 amide bonds. The highest BCUT2D eigenvalue weighted by atomic mass is 32.1. The van der Waals surface area contributed by atoms with Crippen LogP contribution in [0, 0.1) is 20.8 Å². The lowest BCUT2D eigenvalue weighted by Gasteiger charge is -2.29. The van der Waals surface area contributed by atoms with Crippen molar-refractivity contribution in [2.75, 3.05) is 12.0 Å². The molecule has 2 atom stereocenters. The number of aryl methyl sites for hydroxylation is 2. The molecule has 5 rings (SSSR count). The molecular weight excluding hydrogens is 442 g/mol. The number of para-hydroxylation sites is 2. The minimum Gasteiger partial charge on any atom is -0.495 e. The Kier molecular flexibility index (Phi) is 5.79. The molecule has 2 unspecified atom stereocenters. The number of nitrogens with one attached hydrogen (secondary N) is 1. The molecule has 4 heterocycles. The number of aromatic nitrogens is 3. The van der Waals surface area contributed by atoms with Gasteiger partial charge in [-0.05, 0) is 80.5 Å². The smallest absolute Gasteiger partial charge is 0.174 e. The summed E-state index contributed by atoms with van der Waals surface area (Å²) in [6.07, 6.45) is 3.66. The summed E-state index contributed by atoms with van der Waals surface area (Å²) in [5.41, 5.74) is 6.38. The molecule has 4 aromatic rings. The molecule has 1 aromatic carbocycles. The Morgan fingerprint density at radius 1 is 0.941 bits per heavy atom. The second-order valence-corrected chi connectivity index (χ2v) is 8.86. The number of ether oxygens (including phenoxy) is 1. The van der Waals surface area contributed by atoms with Gasteiger partial charge in [-0.25, -0.2) is 4.98 Å². The van der Waals surface area contributed by atoms with E-state index in [0.717, 1.165) is 45.5 Å². The van der Waals surface area contributed by atoms with E-state index < -0.39 is 0 Å². The summed E-state index contributed by atoms with van der Waals surface area (Å²) in [6.45, 7) is 6.35.